The molecule has 1 aliphatic heterocycles. The minimum Gasteiger partial charge on any atom is -0.480 e. The minimum atomic E-state index is -1.05. The molecule has 0 radical (unpaired) electrons. The Hall–Kier alpha value is -1.96. The van der Waals surface area contributed by atoms with Gasteiger partial charge in [-0.05, 0) is 0 Å². The molecule has 1 saturated heterocycles. The summed E-state index contributed by atoms with van der Waals surface area (Å²) in [6.07, 6.45) is 0.432. The van der Waals surface area contributed by atoms with E-state index in [2.05, 4.69) is 10.1 Å². The number of carbonyl (C=O) groups excluding carboxylic acids is 1. The first kappa shape index (κ1) is 16.4. The molecule has 1 fully saturated rings. The molecule has 8 heteroatoms. The zero-order chi connectivity index (χ0) is 16.3. The SMILES string of the molecule is CC(C)(C)c1noc(CCC(=O)N2CCOC[C@@H]2C(=O)O)n1. The van der Waals surface area contributed by atoms with E-state index in [4.69, 9.17) is 14.4 Å². The van der Waals surface area contributed by atoms with Crippen LogP contribution in [0.25, 0.3) is 0 Å². The van der Waals surface area contributed by atoms with Gasteiger partial charge >= 0.3 is 5.97 Å². The minimum absolute atomic E-state index is 0.0236. The number of hydrogen-bond donors (Lipinski definition) is 1. The molecule has 2 rings (SSSR count). The second kappa shape index (κ2) is 6.43. The van der Waals surface area contributed by atoms with Crippen LogP contribution in [0.3, 0.4) is 0 Å². The number of aromatic nitrogens is 2. The first-order valence-electron chi connectivity index (χ1n) is 7.22. The maximum Gasteiger partial charge on any atom is 0.328 e. The van der Waals surface area contributed by atoms with Crippen LogP contribution < -0.4 is 0 Å². The molecule has 0 unspecified atom stereocenters. The lowest BCUT2D eigenvalue weighted by Gasteiger charge is -2.32. The van der Waals surface area contributed by atoms with Crippen LogP contribution >= 0.6 is 0 Å². The zero-order valence-corrected chi connectivity index (χ0v) is 13.0. The summed E-state index contributed by atoms with van der Waals surface area (Å²) >= 11 is 0. The van der Waals surface area contributed by atoms with Crippen LogP contribution in [0.5, 0.6) is 0 Å². The number of carboxylic acids is 1. The highest BCUT2D eigenvalue weighted by molar-refractivity contribution is 5.84. The Labute approximate surface area is 128 Å². The van der Waals surface area contributed by atoms with Crippen molar-refractivity contribution in [1.29, 1.82) is 0 Å². The van der Waals surface area contributed by atoms with Crippen molar-refractivity contribution in [2.24, 2.45) is 0 Å². The lowest BCUT2D eigenvalue weighted by atomic mass is 9.96. The highest BCUT2D eigenvalue weighted by Crippen LogP contribution is 2.19. The molecule has 22 heavy (non-hydrogen) atoms. The molecule has 1 aromatic rings. The van der Waals surface area contributed by atoms with E-state index in [0.717, 1.165) is 0 Å². The topological polar surface area (TPSA) is 106 Å². The van der Waals surface area contributed by atoms with Gasteiger partial charge in [0.25, 0.3) is 0 Å². The van der Waals surface area contributed by atoms with Crippen molar-refractivity contribution in [1.82, 2.24) is 15.0 Å². The molecule has 0 spiro atoms. The molecule has 122 valence electrons. The van der Waals surface area contributed by atoms with Crippen LogP contribution in [0, 0.1) is 0 Å². The number of nitrogens with zero attached hydrogens (tertiary/aromatic N) is 3. The molecule has 1 N–H and O–H groups in total. The summed E-state index contributed by atoms with van der Waals surface area (Å²) in [6.45, 7) is 6.57. The summed E-state index contributed by atoms with van der Waals surface area (Å²) in [4.78, 5) is 29.0. The number of hydrogen-bond acceptors (Lipinski definition) is 6. The first-order valence-corrected chi connectivity index (χ1v) is 7.22. The number of carboxylic acid groups (broad SMARTS) is 1. The third kappa shape index (κ3) is 3.82. The highest BCUT2D eigenvalue weighted by atomic mass is 16.5. The summed E-state index contributed by atoms with van der Waals surface area (Å²) in [5.41, 5.74) is -0.218. The van der Waals surface area contributed by atoms with Crippen molar-refractivity contribution in [2.75, 3.05) is 19.8 Å². The van der Waals surface area contributed by atoms with E-state index < -0.39 is 12.0 Å². The van der Waals surface area contributed by atoms with Crippen molar-refractivity contribution in [3.05, 3.63) is 11.7 Å². The van der Waals surface area contributed by atoms with Crippen molar-refractivity contribution < 1.29 is 24.0 Å². The maximum atomic E-state index is 12.2. The Morgan fingerprint density at radius 1 is 1.41 bits per heavy atom. The predicted octanol–water partition coefficient (Wildman–Crippen LogP) is 0.612. The van der Waals surface area contributed by atoms with E-state index >= 15 is 0 Å². The van der Waals surface area contributed by atoms with Crippen molar-refractivity contribution in [3.63, 3.8) is 0 Å². The third-order valence-electron chi connectivity index (χ3n) is 3.43. The number of carbonyl (C=O) groups is 2. The third-order valence-corrected chi connectivity index (χ3v) is 3.43. The number of aliphatic carboxylic acids is 1. The van der Waals surface area contributed by atoms with Crippen LogP contribution in [-0.2, 0) is 26.2 Å². The number of amides is 1. The number of morpholine rings is 1. The fraction of sp³-hybridized carbons (Fsp3) is 0.714. The van der Waals surface area contributed by atoms with Gasteiger partial charge in [0.15, 0.2) is 11.9 Å². The van der Waals surface area contributed by atoms with Crippen LogP contribution in [0.1, 0.15) is 38.9 Å². The van der Waals surface area contributed by atoms with E-state index in [-0.39, 0.29) is 30.9 Å². The van der Waals surface area contributed by atoms with Crippen LogP contribution in [0.4, 0.5) is 0 Å². The van der Waals surface area contributed by atoms with Crippen molar-refractivity contribution >= 4 is 11.9 Å². The van der Waals surface area contributed by atoms with Crippen LogP contribution in [0.15, 0.2) is 4.52 Å². The Bertz CT molecular complexity index is 549. The number of ether oxygens (including phenoxy) is 1. The Morgan fingerprint density at radius 2 is 2.14 bits per heavy atom. The van der Waals surface area contributed by atoms with Crippen molar-refractivity contribution in [2.45, 2.75) is 45.1 Å². The largest absolute Gasteiger partial charge is 0.480 e. The fourth-order valence-corrected chi connectivity index (χ4v) is 2.13. The number of aryl methyl sites for hydroxylation is 1. The molecule has 1 atom stereocenters. The van der Waals surface area contributed by atoms with Gasteiger partial charge in [-0.15, -0.1) is 0 Å². The van der Waals surface area contributed by atoms with Gasteiger partial charge in [0.2, 0.25) is 11.8 Å². The Morgan fingerprint density at radius 3 is 2.73 bits per heavy atom. The van der Waals surface area contributed by atoms with Crippen molar-refractivity contribution in [3.8, 4) is 0 Å². The van der Waals surface area contributed by atoms with Gasteiger partial charge in [0, 0.05) is 24.8 Å². The van der Waals surface area contributed by atoms with Crippen LogP contribution in [0.2, 0.25) is 0 Å². The Kier molecular flexibility index (Phi) is 4.80. The van der Waals surface area contributed by atoms with E-state index in [1.165, 1.54) is 4.90 Å². The Balaban J connectivity index is 1.94. The van der Waals surface area contributed by atoms with Gasteiger partial charge in [-0.3, -0.25) is 4.79 Å². The van der Waals surface area contributed by atoms with E-state index in [9.17, 15) is 9.59 Å². The molecule has 0 bridgehead atoms. The van der Waals surface area contributed by atoms with Gasteiger partial charge < -0.3 is 19.3 Å². The summed E-state index contributed by atoms with van der Waals surface area (Å²) in [5.74, 6) is -0.324. The molecule has 1 aliphatic rings. The fourth-order valence-electron chi connectivity index (χ4n) is 2.13. The normalized spacial score (nSPS) is 19.2. The maximum absolute atomic E-state index is 12.2. The predicted molar refractivity (Wildman–Crippen MR) is 75.3 cm³/mol. The molecule has 1 amide bonds. The molecule has 1 aromatic heterocycles. The molecule has 8 nitrogen and oxygen atoms in total. The smallest absolute Gasteiger partial charge is 0.328 e. The van der Waals surface area contributed by atoms with Crippen LogP contribution in [-0.4, -0.2) is 57.8 Å². The van der Waals surface area contributed by atoms with Gasteiger partial charge in [0.1, 0.15) is 0 Å². The molecule has 0 aromatic carbocycles. The second-order valence-corrected chi connectivity index (χ2v) is 6.28. The average molecular weight is 311 g/mol. The number of rotatable bonds is 4. The molecular formula is C14H21N3O5. The second-order valence-electron chi connectivity index (χ2n) is 6.28. The van der Waals surface area contributed by atoms with Gasteiger partial charge in [0.05, 0.1) is 13.2 Å². The summed E-state index contributed by atoms with van der Waals surface area (Å²) in [7, 11) is 0. The highest BCUT2D eigenvalue weighted by Gasteiger charge is 2.32. The van der Waals surface area contributed by atoms with E-state index in [1.807, 2.05) is 20.8 Å². The summed E-state index contributed by atoms with van der Waals surface area (Å²) < 4.78 is 10.2. The quantitative estimate of drug-likeness (QED) is 0.868. The van der Waals surface area contributed by atoms with E-state index in [0.29, 0.717) is 24.7 Å². The van der Waals surface area contributed by atoms with Gasteiger partial charge in [-0.2, -0.15) is 4.98 Å². The first-order chi connectivity index (χ1) is 10.3. The monoisotopic (exact) mass is 311 g/mol. The molecule has 0 aliphatic carbocycles. The average Bonchev–Trinajstić information content (AvgIpc) is 2.93. The lowest BCUT2D eigenvalue weighted by molar-refractivity contribution is -0.158. The summed E-state index contributed by atoms with van der Waals surface area (Å²) in [5, 5.41) is 13.0. The van der Waals surface area contributed by atoms with E-state index in [1.54, 1.807) is 0 Å². The molecule has 0 saturated carbocycles. The zero-order valence-electron chi connectivity index (χ0n) is 13.0. The molecule has 2 heterocycles. The lowest BCUT2D eigenvalue weighted by Crippen LogP contribution is -2.52. The summed E-state index contributed by atoms with van der Waals surface area (Å²) in [6, 6.07) is -0.922. The standard InChI is InChI=1S/C14H21N3O5/c1-14(2,3)13-15-10(22-16-13)4-5-11(18)17-6-7-21-8-9(17)12(19)20/h9H,4-8H2,1-3H3,(H,19,20)/t9-/m1/s1. The molecular weight excluding hydrogens is 290 g/mol. The van der Waals surface area contributed by atoms with Gasteiger partial charge in [-0.25, -0.2) is 4.79 Å². The van der Waals surface area contributed by atoms with Gasteiger partial charge in [-0.1, -0.05) is 25.9 Å².